The Morgan fingerprint density at radius 2 is 1.72 bits per heavy atom. The van der Waals surface area contributed by atoms with Crippen LogP contribution >= 0.6 is 0 Å². The van der Waals surface area contributed by atoms with Crippen molar-refractivity contribution in [3.8, 4) is 5.75 Å². The monoisotopic (exact) mass is 413 g/mol. The van der Waals surface area contributed by atoms with Crippen LogP contribution in [0.4, 0.5) is 13.6 Å². The van der Waals surface area contributed by atoms with Crippen molar-refractivity contribution in [2.45, 2.75) is 71.7 Å². The SMILES string of the molecule is CC(C)CC(C)(COc1cc(F)c(B2OC(C)(C)C(C)(C)O2)cc1F)OC(N)=O. The molecule has 1 fully saturated rings. The van der Waals surface area contributed by atoms with Gasteiger partial charge in [-0.2, -0.15) is 0 Å². The van der Waals surface area contributed by atoms with Gasteiger partial charge < -0.3 is 24.5 Å². The average molecular weight is 413 g/mol. The van der Waals surface area contributed by atoms with Gasteiger partial charge in [-0.15, -0.1) is 0 Å². The van der Waals surface area contributed by atoms with Gasteiger partial charge in [-0.25, -0.2) is 13.6 Å². The van der Waals surface area contributed by atoms with Crippen LogP contribution in [0, 0.1) is 17.6 Å². The van der Waals surface area contributed by atoms with Crippen molar-refractivity contribution >= 4 is 18.7 Å². The Kier molecular flexibility index (Phi) is 6.54. The summed E-state index contributed by atoms with van der Waals surface area (Å²) in [6, 6.07) is 1.94. The zero-order valence-electron chi connectivity index (χ0n) is 18.1. The first-order chi connectivity index (χ1) is 13.2. The third kappa shape index (κ3) is 5.39. The number of carbonyl (C=O) groups excluding carboxylic acids is 1. The lowest BCUT2D eigenvalue weighted by Gasteiger charge is -2.32. The molecule has 0 bridgehead atoms. The normalized spacial score (nSPS) is 19.9. The number of carbonyl (C=O) groups is 1. The number of halogens is 2. The minimum atomic E-state index is -1.08. The Bertz CT molecular complexity index is 755. The van der Waals surface area contributed by atoms with E-state index in [1.807, 2.05) is 41.5 Å². The maximum Gasteiger partial charge on any atom is 0.497 e. The molecule has 2 rings (SSSR count). The van der Waals surface area contributed by atoms with Crippen LogP contribution in [0.5, 0.6) is 5.75 Å². The second kappa shape index (κ2) is 8.10. The van der Waals surface area contributed by atoms with Crippen molar-refractivity contribution in [1.82, 2.24) is 0 Å². The highest BCUT2D eigenvalue weighted by Gasteiger charge is 2.52. The molecule has 1 amide bonds. The predicted octanol–water partition coefficient (Wildman–Crippen LogP) is 3.54. The van der Waals surface area contributed by atoms with Crippen LogP contribution in [0.25, 0.3) is 0 Å². The van der Waals surface area contributed by atoms with E-state index in [-0.39, 0.29) is 23.7 Å². The van der Waals surface area contributed by atoms with Crippen molar-refractivity contribution in [1.29, 1.82) is 0 Å². The fraction of sp³-hybridized carbons (Fsp3) is 0.650. The Morgan fingerprint density at radius 1 is 1.17 bits per heavy atom. The Balaban J connectivity index is 2.20. The summed E-state index contributed by atoms with van der Waals surface area (Å²) in [4.78, 5) is 11.2. The molecule has 0 aromatic heterocycles. The molecule has 1 aliphatic rings. The van der Waals surface area contributed by atoms with Gasteiger partial charge in [0.15, 0.2) is 11.6 Å². The molecule has 6 nitrogen and oxygen atoms in total. The molecule has 1 unspecified atom stereocenters. The summed E-state index contributed by atoms with van der Waals surface area (Å²) in [7, 11) is -1.03. The first kappa shape index (κ1) is 23.4. The van der Waals surface area contributed by atoms with Gasteiger partial charge in [-0.3, -0.25) is 0 Å². The molecule has 1 atom stereocenters. The molecular weight excluding hydrogens is 383 g/mol. The second-order valence-electron chi connectivity index (χ2n) is 9.15. The zero-order valence-corrected chi connectivity index (χ0v) is 18.1. The van der Waals surface area contributed by atoms with E-state index in [1.54, 1.807) is 6.92 Å². The fourth-order valence-electron chi connectivity index (χ4n) is 3.27. The maximum atomic E-state index is 14.7. The van der Waals surface area contributed by atoms with Crippen molar-refractivity contribution in [3.63, 3.8) is 0 Å². The van der Waals surface area contributed by atoms with E-state index in [9.17, 15) is 13.6 Å². The Hall–Kier alpha value is -1.87. The summed E-state index contributed by atoms with van der Waals surface area (Å²) < 4.78 is 51.5. The van der Waals surface area contributed by atoms with Crippen molar-refractivity contribution in [3.05, 3.63) is 23.8 Å². The van der Waals surface area contributed by atoms with E-state index in [2.05, 4.69) is 0 Å². The zero-order chi connectivity index (χ0) is 22.2. The van der Waals surface area contributed by atoms with Gasteiger partial charge in [0.1, 0.15) is 18.0 Å². The molecule has 0 aliphatic carbocycles. The molecular formula is C20H30BF2NO5. The van der Waals surface area contributed by atoms with Crippen molar-refractivity contribution in [2.75, 3.05) is 6.61 Å². The summed E-state index contributed by atoms with van der Waals surface area (Å²) in [5, 5.41) is 0. The fourth-order valence-corrected chi connectivity index (χ4v) is 3.27. The van der Waals surface area contributed by atoms with Gasteiger partial charge >= 0.3 is 13.2 Å². The second-order valence-corrected chi connectivity index (χ2v) is 9.15. The van der Waals surface area contributed by atoms with Crippen molar-refractivity contribution < 1.29 is 32.4 Å². The van der Waals surface area contributed by atoms with E-state index in [0.29, 0.717) is 6.42 Å². The Labute approximate surface area is 171 Å². The van der Waals surface area contributed by atoms with Crippen LogP contribution in [0.3, 0.4) is 0 Å². The van der Waals surface area contributed by atoms with Gasteiger partial charge in [0.05, 0.1) is 11.2 Å². The molecule has 2 N–H and O–H groups in total. The predicted molar refractivity (Wildman–Crippen MR) is 106 cm³/mol. The number of rotatable bonds is 7. The molecule has 0 spiro atoms. The molecule has 1 aromatic carbocycles. The average Bonchev–Trinajstić information content (AvgIpc) is 2.74. The van der Waals surface area contributed by atoms with Crippen LogP contribution in [-0.2, 0) is 14.0 Å². The van der Waals surface area contributed by atoms with Gasteiger partial charge in [-0.1, -0.05) is 13.8 Å². The standard InChI is InChI=1S/C20H30BF2NO5/c1-12(2)10-20(7,27-17(24)25)11-26-16-9-14(22)13(8-15(16)23)21-28-18(3,4)19(5,6)29-21/h8-9,12H,10-11H2,1-7H3,(H2,24,25). The van der Waals surface area contributed by atoms with Gasteiger partial charge in [-0.05, 0) is 53.0 Å². The summed E-state index contributed by atoms with van der Waals surface area (Å²) in [6.07, 6.45) is -0.522. The number of ether oxygens (including phenoxy) is 2. The molecule has 1 saturated heterocycles. The summed E-state index contributed by atoms with van der Waals surface area (Å²) in [6.45, 7) is 12.6. The van der Waals surface area contributed by atoms with Gasteiger partial charge in [0.2, 0.25) is 0 Å². The number of nitrogens with two attached hydrogens (primary N) is 1. The number of benzene rings is 1. The number of amides is 1. The minimum absolute atomic E-state index is 0.0492. The minimum Gasteiger partial charge on any atom is -0.486 e. The van der Waals surface area contributed by atoms with Crippen LogP contribution in [-0.4, -0.2) is 36.6 Å². The van der Waals surface area contributed by atoms with E-state index < -0.39 is 41.6 Å². The molecule has 1 aromatic rings. The lowest BCUT2D eigenvalue weighted by Crippen LogP contribution is -2.41. The Morgan fingerprint density at radius 3 is 2.21 bits per heavy atom. The lowest BCUT2D eigenvalue weighted by molar-refractivity contribution is -0.0194. The van der Waals surface area contributed by atoms with Crippen molar-refractivity contribution in [2.24, 2.45) is 11.7 Å². The first-order valence-corrected chi connectivity index (χ1v) is 9.61. The third-order valence-electron chi connectivity index (χ3n) is 5.28. The van der Waals surface area contributed by atoms with E-state index in [1.165, 1.54) is 0 Å². The van der Waals surface area contributed by atoms with E-state index >= 15 is 0 Å². The number of hydrogen-bond acceptors (Lipinski definition) is 5. The summed E-state index contributed by atoms with van der Waals surface area (Å²) >= 11 is 0. The molecule has 0 radical (unpaired) electrons. The van der Waals surface area contributed by atoms with Gasteiger partial charge in [0.25, 0.3) is 0 Å². The molecule has 162 valence electrons. The maximum absolute atomic E-state index is 14.7. The smallest absolute Gasteiger partial charge is 0.486 e. The first-order valence-electron chi connectivity index (χ1n) is 9.61. The largest absolute Gasteiger partial charge is 0.497 e. The molecule has 0 saturated carbocycles. The summed E-state index contributed by atoms with van der Waals surface area (Å²) in [5.41, 5.74) is 2.65. The molecule has 1 aliphatic heterocycles. The quantitative estimate of drug-likeness (QED) is 0.692. The highest BCUT2D eigenvalue weighted by Crippen LogP contribution is 2.37. The van der Waals surface area contributed by atoms with E-state index in [0.717, 1.165) is 12.1 Å². The highest BCUT2D eigenvalue weighted by molar-refractivity contribution is 6.62. The molecule has 29 heavy (non-hydrogen) atoms. The summed E-state index contributed by atoms with van der Waals surface area (Å²) in [5.74, 6) is -1.63. The van der Waals surface area contributed by atoms with E-state index in [4.69, 9.17) is 24.5 Å². The molecule has 9 heteroatoms. The van der Waals surface area contributed by atoms with Crippen LogP contribution in [0.2, 0.25) is 0 Å². The lowest BCUT2D eigenvalue weighted by atomic mass is 9.78. The van der Waals surface area contributed by atoms with Crippen LogP contribution in [0.1, 0.15) is 54.9 Å². The third-order valence-corrected chi connectivity index (χ3v) is 5.28. The molecule has 1 heterocycles. The highest BCUT2D eigenvalue weighted by atomic mass is 19.1. The van der Waals surface area contributed by atoms with Gasteiger partial charge in [0, 0.05) is 11.5 Å². The number of primary amides is 1. The number of hydrogen-bond donors (Lipinski definition) is 1. The van der Waals surface area contributed by atoms with Crippen LogP contribution < -0.4 is 15.9 Å². The topological polar surface area (TPSA) is 80.0 Å². The van der Waals surface area contributed by atoms with Crippen LogP contribution in [0.15, 0.2) is 12.1 Å².